The van der Waals surface area contributed by atoms with Gasteiger partial charge in [0.2, 0.25) is 10.0 Å². The first kappa shape index (κ1) is 20.2. The molecule has 1 aliphatic rings. The maximum atomic E-state index is 11.2. The van der Waals surface area contributed by atoms with E-state index in [1.165, 1.54) is 74.5 Å². The smallest absolute Gasteiger partial charge is 0.229 e. The standard InChI is InChI=1S/C20H35N2O2S/c1-4-22(16-8-5-6-10-18(22)2)17-9-7-11-19-12-14-20(15-13-19)21-25(3,23)24/h12-15,18,21H,4-11,16-17H2,1-3H3/q+1. The zero-order chi connectivity index (χ0) is 18.3. The molecule has 1 saturated heterocycles. The number of hydrogen-bond donors (Lipinski definition) is 1. The van der Waals surface area contributed by atoms with Crippen LogP contribution >= 0.6 is 0 Å². The number of sulfonamides is 1. The molecule has 0 saturated carbocycles. The van der Waals surface area contributed by atoms with Crippen molar-refractivity contribution in [2.45, 2.75) is 64.8 Å². The minimum atomic E-state index is -3.19. The van der Waals surface area contributed by atoms with Crippen molar-refractivity contribution < 1.29 is 12.9 Å². The molecule has 0 aromatic heterocycles. The molecule has 2 atom stereocenters. The van der Waals surface area contributed by atoms with Crippen molar-refractivity contribution in [2.75, 3.05) is 30.6 Å². The Balaban J connectivity index is 1.81. The van der Waals surface area contributed by atoms with Crippen LogP contribution in [0.15, 0.2) is 24.3 Å². The van der Waals surface area contributed by atoms with Gasteiger partial charge in [0.05, 0.1) is 31.9 Å². The summed E-state index contributed by atoms with van der Waals surface area (Å²) in [5.41, 5.74) is 1.92. The van der Waals surface area contributed by atoms with Crippen LogP contribution in [0, 0.1) is 0 Å². The van der Waals surface area contributed by atoms with Crippen molar-refractivity contribution in [1.29, 1.82) is 0 Å². The van der Waals surface area contributed by atoms with E-state index in [9.17, 15) is 8.42 Å². The highest BCUT2D eigenvalue weighted by atomic mass is 32.2. The molecule has 1 heterocycles. The van der Waals surface area contributed by atoms with Gasteiger partial charge in [-0.05, 0) is 76.5 Å². The van der Waals surface area contributed by atoms with Gasteiger partial charge in [-0.25, -0.2) is 8.42 Å². The first-order valence-electron chi connectivity index (χ1n) is 9.77. The molecule has 1 fully saturated rings. The quantitative estimate of drug-likeness (QED) is 0.553. The molecule has 1 aromatic carbocycles. The van der Waals surface area contributed by atoms with E-state index in [1.807, 2.05) is 24.3 Å². The van der Waals surface area contributed by atoms with E-state index >= 15 is 0 Å². The molecular weight excluding hydrogens is 332 g/mol. The molecule has 1 N–H and O–H groups in total. The van der Waals surface area contributed by atoms with Gasteiger partial charge in [0, 0.05) is 5.69 Å². The highest BCUT2D eigenvalue weighted by Crippen LogP contribution is 2.26. The van der Waals surface area contributed by atoms with Crippen LogP contribution in [0.4, 0.5) is 5.69 Å². The average molecular weight is 368 g/mol. The SMILES string of the molecule is CC[N+]1(CCCCc2ccc(NS(C)(=O)=O)cc2)CCCCCC1C. The number of likely N-dealkylation sites (tertiary alicyclic amines) is 1. The second kappa shape index (κ2) is 9.04. The van der Waals surface area contributed by atoms with E-state index in [2.05, 4.69) is 18.6 Å². The number of nitrogens with zero attached hydrogens (tertiary/aromatic N) is 1. The fourth-order valence-electron chi connectivity index (χ4n) is 4.21. The lowest BCUT2D eigenvalue weighted by Gasteiger charge is -2.42. The Bertz CT molecular complexity index is 628. The molecule has 0 spiro atoms. The molecule has 2 unspecified atom stereocenters. The van der Waals surface area contributed by atoms with Crippen LogP contribution in [0.1, 0.15) is 57.9 Å². The Labute approximate surface area is 154 Å². The number of rotatable bonds is 8. The average Bonchev–Trinajstić information content (AvgIpc) is 2.74. The van der Waals surface area contributed by atoms with E-state index in [-0.39, 0.29) is 0 Å². The van der Waals surface area contributed by atoms with Gasteiger partial charge in [0.25, 0.3) is 0 Å². The van der Waals surface area contributed by atoms with Crippen LogP contribution in [-0.2, 0) is 16.4 Å². The number of quaternary nitrogens is 1. The summed E-state index contributed by atoms with van der Waals surface area (Å²) in [6.45, 7) is 8.71. The number of benzene rings is 1. The maximum absolute atomic E-state index is 11.2. The summed E-state index contributed by atoms with van der Waals surface area (Å²) in [6, 6.07) is 8.58. The number of hydrogen-bond acceptors (Lipinski definition) is 2. The zero-order valence-corrected chi connectivity index (χ0v) is 16.9. The Kier molecular flexibility index (Phi) is 7.32. The fourth-order valence-corrected chi connectivity index (χ4v) is 4.77. The number of aryl methyl sites for hydroxylation is 1. The molecule has 1 aromatic rings. The van der Waals surface area contributed by atoms with E-state index < -0.39 is 10.0 Å². The summed E-state index contributed by atoms with van der Waals surface area (Å²) in [6.07, 6.45) is 10.3. The first-order chi connectivity index (χ1) is 11.8. The molecule has 0 amide bonds. The lowest BCUT2D eigenvalue weighted by atomic mass is 10.1. The van der Waals surface area contributed by atoms with Gasteiger partial charge in [-0.15, -0.1) is 0 Å². The minimum absolute atomic E-state index is 0.639. The Morgan fingerprint density at radius 2 is 1.84 bits per heavy atom. The van der Waals surface area contributed by atoms with Gasteiger partial charge in [-0.3, -0.25) is 4.72 Å². The summed E-state index contributed by atoms with van der Waals surface area (Å²) >= 11 is 0. The predicted molar refractivity (Wildman–Crippen MR) is 106 cm³/mol. The van der Waals surface area contributed by atoms with Gasteiger partial charge in [0.15, 0.2) is 0 Å². The monoisotopic (exact) mass is 367 g/mol. The van der Waals surface area contributed by atoms with E-state index in [1.54, 1.807) is 0 Å². The lowest BCUT2D eigenvalue weighted by molar-refractivity contribution is -0.947. The number of nitrogens with one attached hydrogen (secondary N) is 1. The topological polar surface area (TPSA) is 46.2 Å². The molecule has 0 radical (unpaired) electrons. The maximum Gasteiger partial charge on any atom is 0.229 e. The summed E-state index contributed by atoms with van der Waals surface area (Å²) in [5, 5.41) is 0. The molecular formula is C20H35N2O2S+. The van der Waals surface area contributed by atoms with Crippen molar-refractivity contribution in [3.8, 4) is 0 Å². The molecule has 25 heavy (non-hydrogen) atoms. The van der Waals surface area contributed by atoms with Crippen molar-refractivity contribution in [1.82, 2.24) is 0 Å². The molecule has 5 heteroatoms. The van der Waals surface area contributed by atoms with Crippen LogP contribution in [0.5, 0.6) is 0 Å². The third-order valence-electron chi connectivity index (χ3n) is 5.87. The molecule has 0 bridgehead atoms. The van der Waals surface area contributed by atoms with Crippen molar-refractivity contribution in [3.63, 3.8) is 0 Å². The van der Waals surface area contributed by atoms with Crippen LogP contribution in [0.25, 0.3) is 0 Å². The van der Waals surface area contributed by atoms with Gasteiger partial charge in [-0.2, -0.15) is 0 Å². The zero-order valence-electron chi connectivity index (χ0n) is 16.1. The molecule has 4 nitrogen and oxygen atoms in total. The van der Waals surface area contributed by atoms with Crippen molar-refractivity contribution >= 4 is 15.7 Å². The first-order valence-corrected chi connectivity index (χ1v) is 11.7. The lowest BCUT2D eigenvalue weighted by Crippen LogP contribution is -2.54. The Morgan fingerprint density at radius 3 is 2.48 bits per heavy atom. The van der Waals surface area contributed by atoms with Crippen LogP contribution < -0.4 is 4.72 Å². The summed E-state index contributed by atoms with van der Waals surface area (Å²) < 4.78 is 26.3. The summed E-state index contributed by atoms with van der Waals surface area (Å²) in [5.74, 6) is 0. The van der Waals surface area contributed by atoms with Crippen molar-refractivity contribution in [2.24, 2.45) is 0 Å². The Hall–Kier alpha value is -1.07. The third kappa shape index (κ3) is 6.30. The van der Waals surface area contributed by atoms with Gasteiger partial charge < -0.3 is 4.48 Å². The summed E-state index contributed by atoms with van der Waals surface area (Å²) in [4.78, 5) is 0. The highest BCUT2D eigenvalue weighted by molar-refractivity contribution is 7.92. The predicted octanol–water partition coefficient (Wildman–Crippen LogP) is 4.18. The minimum Gasteiger partial charge on any atom is -0.322 e. The molecule has 2 rings (SSSR count). The second-order valence-electron chi connectivity index (χ2n) is 7.71. The second-order valence-corrected chi connectivity index (χ2v) is 9.46. The van der Waals surface area contributed by atoms with Crippen LogP contribution in [0.2, 0.25) is 0 Å². The van der Waals surface area contributed by atoms with Crippen LogP contribution in [0.3, 0.4) is 0 Å². The Morgan fingerprint density at radius 1 is 1.12 bits per heavy atom. The van der Waals surface area contributed by atoms with E-state index in [4.69, 9.17) is 0 Å². The van der Waals surface area contributed by atoms with E-state index in [0.717, 1.165) is 12.5 Å². The van der Waals surface area contributed by atoms with E-state index in [0.29, 0.717) is 5.69 Å². The summed E-state index contributed by atoms with van der Waals surface area (Å²) in [7, 11) is -3.19. The fraction of sp³-hybridized carbons (Fsp3) is 0.700. The molecule has 1 aliphatic heterocycles. The van der Waals surface area contributed by atoms with Gasteiger partial charge in [-0.1, -0.05) is 12.1 Å². The number of unbranched alkanes of at least 4 members (excludes halogenated alkanes) is 1. The normalized spacial score (nSPS) is 24.7. The van der Waals surface area contributed by atoms with Crippen molar-refractivity contribution in [3.05, 3.63) is 29.8 Å². The number of anilines is 1. The van der Waals surface area contributed by atoms with Gasteiger partial charge in [0.1, 0.15) is 0 Å². The molecule has 0 aliphatic carbocycles. The highest BCUT2D eigenvalue weighted by Gasteiger charge is 2.32. The van der Waals surface area contributed by atoms with Crippen LogP contribution in [-0.4, -0.2) is 44.8 Å². The van der Waals surface area contributed by atoms with Gasteiger partial charge >= 0.3 is 0 Å². The third-order valence-corrected chi connectivity index (χ3v) is 6.47. The largest absolute Gasteiger partial charge is 0.322 e. The molecule has 142 valence electrons.